The number of benzene rings is 1. The van der Waals surface area contributed by atoms with Gasteiger partial charge in [-0.05, 0) is 43.4 Å². The summed E-state index contributed by atoms with van der Waals surface area (Å²) in [6, 6.07) is 6.07. The Balaban J connectivity index is 2.71. The lowest BCUT2D eigenvalue weighted by Gasteiger charge is -2.20. The number of hydrogen-bond acceptors (Lipinski definition) is 5. The molecule has 0 saturated heterocycles. The van der Waals surface area contributed by atoms with E-state index in [0.29, 0.717) is 19.0 Å². The van der Waals surface area contributed by atoms with Crippen LogP contribution in [0.15, 0.2) is 18.2 Å². The standard InChI is InChI=1S/C17H28N2O5S/c1-12(2)15-7-13(9-18-11-23-25(21)22)6-14(8-15)10-19-16(20)24-17(3,4)5/h6-8,12,18H,9-11H2,1-5H3,(H,19,20)(H,21,22). The van der Waals surface area contributed by atoms with Crippen LogP contribution in [0.5, 0.6) is 0 Å². The number of nitrogens with one attached hydrogen (secondary N) is 2. The number of hydrogen-bond donors (Lipinski definition) is 3. The third-order valence-corrected chi connectivity index (χ3v) is 3.49. The fourth-order valence-corrected chi connectivity index (χ4v) is 2.29. The maximum absolute atomic E-state index is 11.8. The summed E-state index contributed by atoms with van der Waals surface area (Å²) in [5, 5.41) is 5.69. The van der Waals surface area contributed by atoms with Gasteiger partial charge >= 0.3 is 17.5 Å². The summed E-state index contributed by atoms with van der Waals surface area (Å²) in [6.45, 7) is 10.5. The van der Waals surface area contributed by atoms with Gasteiger partial charge in [-0.3, -0.25) is 14.1 Å². The zero-order valence-corrected chi connectivity index (χ0v) is 16.2. The van der Waals surface area contributed by atoms with Crippen LogP contribution in [0, 0.1) is 0 Å². The van der Waals surface area contributed by atoms with E-state index in [1.807, 2.05) is 32.9 Å². The number of carbonyl (C=O) groups is 1. The largest absolute Gasteiger partial charge is 0.444 e. The molecular formula is C17H28N2O5S. The molecule has 0 spiro atoms. The van der Waals surface area contributed by atoms with E-state index in [0.717, 1.165) is 16.7 Å². The second-order valence-corrected chi connectivity index (χ2v) is 7.67. The van der Waals surface area contributed by atoms with Gasteiger partial charge in [0.1, 0.15) is 12.3 Å². The average Bonchev–Trinajstić information content (AvgIpc) is 2.47. The van der Waals surface area contributed by atoms with Crippen LogP contribution in [0.4, 0.5) is 4.79 Å². The first-order valence-electron chi connectivity index (χ1n) is 8.11. The minimum atomic E-state index is -2.28. The second-order valence-electron chi connectivity index (χ2n) is 7.00. The quantitative estimate of drug-likeness (QED) is 0.369. The smallest absolute Gasteiger partial charge is 0.407 e. The first kappa shape index (κ1) is 21.6. The van der Waals surface area contributed by atoms with E-state index in [1.54, 1.807) is 0 Å². The van der Waals surface area contributed by atoms with Gasteiger partial charge in [0.15, 0.2) is 0 Å². The SMILES string of the molecule is CC(C)c1cc(CNCOS(=O)O)cc(CNC(=O)OC(C)(C)C)c1. The van der Waals surface area contributed by atoms with Gasteiger partial charge in [-0.15, -0.1) is 0 Å². The Morgan fingerprint density at radius 3 is 2.32 bits per heavy atom. The van der Waals surface area contributed by atoms with Gasteiger partial charge in [-0.25, -0.2) is 4.79 Å². The molecule has 0 aliphatic carbocycles. The van der Waals surface area contributed by atoms with Crippen molar-refractivity contribution in [1.29, 1.82) is 0 Å². The molecule has 7 nitrogen and oxygen atoms in total. The van der Waals surface area contributed by atoms with E-state index >= 15 is 0 Å². The lowest BCUT2D eigenvalue weighted by molar-refractivity contribution is 0.0523. The zero-order valence-electron chi connectivity index (χ0n) is 15.4. The number of amides is 1. The Hall–Kier alpha value is -1.48. The molecule has 1 amide bonds. The number of rotatable bonds is 8. The van der Waals surface area contributed by atoms with Crippen molar-refractivity contribution >= 4 is 17.5 Å². The van der Waals surface area contributed by atoms with Crippen LogP contribution >= 0.6 is 0 Å². The topological polar surface area (TPSA) is 96.9 Å². The van der Waals surface area contributed by atoms with Crippen LogP contribution in [-0.4, -0.2) is 27.2 Å². The van der Waals surface area contributed by atoms with E-state index in [1.165, 1.54) is 0 Å². The summed E-state index contributed by atoms with van der Waals surface area (Å²) >= 11 is -2.28. The molecule has 0 aliphatic rings. The number of carbonyl (C=O) groups excluding carboxylic acids is 1. The summed E-state index contributed by atoms with van der Waals surface area (Å²) in [5.41, 5.74) is 2.57. The van der Waals surface area contributed by atoms with Gasteiger partial charge in [0.25, 0.3) is 0 Å². The molecule has 25 heavy (non-hydrogen) atoms. The van der Waals surface area contributed by atoms with Crippen LogP contribution in [0.2, 0.25) is 0 Å². The highest BCUT2D eigenvalue weighted by Crippen LogP contribution is 2.19. The van der Waals surface area contributed by atoms with E-state index in [9.17, 15) is 9.00 Å². The molecule has 1 aromatic rings. The zero-order chi connectivity index (χ0) is 19.0. The van der Waals surface area contributed by atoms with Crippen molar-refractivity contribution in [2.75, 3.05) is 6.73 Å². The fraction of sp³-hybridized carbons (Fsp3) is 0.588. The van der Waals surface area contributed by atoms with Gasteiger partial charge in [0.05, 0.1) is 0 Å². The predicted octanol–water partition coefficient (Wildman–Crippen LogP) is 3.04. The normalized spacial score (nSPS) is 12.9. The molecule has 0 radical (unpaired) electrons. The van der Waals surface area contributed by atoms with Crippen molar-refractivity contribution in [3.05, 3.63) is 34.9 Å². The van der Waals surface area contributed by atoms with Crippen molar-refractivity contribution in [3.63, 3.8) is 0 Å². The lowest BCUT2D eigenvalue weighted by atomic mass is 9.97. The molecular weight excluding hydrogens is 344 g/mol. The summed E-state index contributed by atoms with van der Waals surface area (Å²) in [7, 11) is 0. The number of alkyl carbamates (subject to hydrolysis) is 1. The predicted molar refractivity (Wildman–Crippen MR) is 97.2 cm³/mol. The maximum atomic E-state index is 11.8. The molecule has 0 heterocycles. The fourth-order valence-electron chi connectivity index (χ4n) is 2.10. The van der Waals surface area contributed by atoms with E-state index in [2.05, 4.69) is 34.7 Å². The van der Waals surface area contributed by atoms with E-state index < -0.39 is 23.1 Å². The van der Waals surface area contributed by atoms with Crippen LogP contribution in [0.1, 0.15) is 57.2 Å². The molecule has 8 heteroatoms. The molecule has 0 bridgehead atoms. The Bertz CT molecular complexity index is 599. The molecule has 1 atom stereocenters. The summed E-state index contributed by atoms with van der Waals surface area (Å²) in [5.74, 6) is 0.335. The van der Waals surface area contributed by atoms with Crippen molar-refractivity contribution in [2.45, 2.75) is 59.2 Å². The Kier molecular flexibility index (Phi) is 8.51. The molecule has 0 aliphatic heterocycles. The Morgan fingerprint density at radius 2 is 1.80 bits per heavy atom. The molecule has 1 rings (SSSR count). The minimum absolute atomic E-state index is 0.0273. The Labute approximate surface area is 152 Å². The monoisotopic (exact) mass is 372 g/mol. The summed E-state index contributed by atoms with van der Waals surface area (Å²) in [6.07, 6.45) is -0.457. The molecule has 0 saturated carbocycles. The van der Waals surface area contributed by atoms with Crippen LogP contribution in [0.3, 0.4) is 0 Å². The summed E-state index contributed by atoms with van der Waals surface area (Å²) in [4.78, 5) is 11.8. The van der Waals surface area contributed by atoms with E-state index in [-0.39, 0.29) is 6.73 Å². The summed E-state index contributed by atoms with van der Waals surface area (Å²) < 4.78 is 28.8. The molecule has 0 aromatic heterocycles. The highest BCUT2D eigenvalue weighted by atomic mass is 32.2. The van der Waals surface area contributed by atoms with Gasteiger partial charge in [-0.2, -0.15) is 4.21 Å². The molecule has 0 fully saturated rings. The molecule has 142 valence electrons. The molecule has 3 N–H and O–H groups in total. The van der Waals surface area contributed by atoms with Gasteiger partial charge in [0, 0.05) is 13.1 Å². The third-order valence-electron chi connectivity index (χ3n) is 3.17. The first-order valence-corrected chi connectivity index (χ1v) is 9.14. The van der Waals surface area contributed by atoms with Crippen molar-refractivity contribution in [1.82, 2.24) is 10.6 Å². The van der Waals surface area contributed by atoms with E-state index in [4.69, 9.17) is 9.29 Å². The van der Waals surface area contributed by atoms with Crippen molar-refractivity contribution < 1.29 is 22.5 Å². The Morgan fingerprint density at radius 1 is 1.20 bits per heavy atom. The minimum Gasteiger partial charge on any atom is -0.444 e. The first-order chi connectivity index (χ1) is 11.6. The second kappa shape index (κ2) is 9.86. The van der Waals surface area contributed by atoms with Crippen molar-refractivity contribution in [2.24, 2.45) is 0 Å². The third kappa shape index (κ3) is 9.54. The van der Waals surface area contributed by atoms with Crippen LogP contribution < -0.4 is 10.6 Å². The highest BCUT2D eigenvalue weighted by molar-refractivity contribution is 7.74. The maximum Gasteiger partial charge on any atom is 0.407 e. The van der Waals surface area contributed by atoms with Crippen LogP contribution in [0.25, 0.3) is 0 Å². The number of ether oxygens (including phenoxy) is 1. The molecule has 1 aromatic carbocycles. The molecule has 1 unspecified atom stereocenters. The lowest BCUT2D eigenvalue weighted by Crippen LogP contribution is -2.32. The van der Waals surface area contributed by atoms with Crippen LogP contribution in [-0.2, 0) is 33.4 Å². The average molecular weight is 372 g/mol. The van der Waals surface area contributed by atoms with Gasteiger partial charge < -0.3 is 10.1 Å². The van der Waals surface area contributed by atoms with Crippen molar-refractivity contribution in [3.8, 4) is 0 Å². The van der Waals surface area contributed by atoms with Gasteiger partial charge in [0.2, 0.25) is 0 Å². The van der Waals surface area contributed by atoms with Gasteiger partial charge in [-0.1, -0.05) is 32.0 Å². The highest BCUT2D eigenvalue weighted by Gasteiger charge is 2.16.